The Morgan fingerprint density at radius 2 is 1.89 bits per heavy atom. The molecule has 3 aromatic carbocycles. The van der Waals surface area contributed by atoms with Gasteiger partial charge in [-0.3, -0.25) is 4.79 Å². The molecule has 0 radical (unpaired) electrons. The standard InChI is InChI=1S/C22H16BrIN2O2/c1-2-13-3-5-14(6-4-13)21(27)25-16-8-10-20-19(12-16)26-22(28-20)17-11-15(24)7-9-18(17)23/h3-12H,2H2,1H3,(H,25,27). The van der Waals surface area contributed by atoms with E-state index in [4.69, 9.17) is 4.42 Å². The second-order valence-electron chi connectivity index (χ2n) is 6.33. The number of nitrogens with zero attached hydrogens (tertiary/aromatic N) is 1. The summed E-state index contributed by atoms with van der Waals surface area (Å²) in [5, 5.41) is 2.93. The molecular formula is C22H16BrIN2O2. The average molecular weight is 547 g/mol. The number of nitrogens with one attached hydrogen (secondary N) is 1. The Morgan fingerprint density at radius 3 is 2.64 bits per heavy atom. The number of fused-ring (bicyclic) bond motifs is 1. The van der Waals surface area contributed by atoms with Crippen molar-refractivity contribution in [1.29, 1.82) is 0 Å². The fraction of sp³-hybridized carbons (Fsp3) is 0.0909. The molecule has 6 heteroatoms. The number of hydrogen-bond donors (Lipinski definition) is 1. The van der Waals surface area contributed by atoms with Crippen LogP contribution < -0.4 is 5.32 Å². The first-order valence-corrected chi connectivity index (χ1v) is 10.7. The van der Waals surface area contributed by atoms with Crippen molar-refractivity contribution in [2.75, 3.05) is 5.32 Å². The minimum absolute atomic E-state index is 0.147. The number of halogens is 2. The van der Waals surface area contributed by atoms with Gasteiger partial charge in [0, 0.05) is 19.3 Å². The highest BCUT2D eigenvalue weighted by Gasteiger charge is 2.13. The van der Waals surface area contributed by atoms with Crippen molar-refractivity contribution in [3.8, 4) is 11.5 Å². The van der Waals surface area contributed by atoms with Crippen molar-refractivity contribution in [3.05, 3.63) is 79.8 Å². The van der Waals surface area contributed by atoms with Crippen LogP contribution in [0.15, 0.2) is 69.6 Å². The average Bonchev–Trinajstić information content (AvgIpc) is 3.13. The van der Waals surface area contributed by atoms with E-state index in [-0.39, 0.29) is 5.91 Å². The minimum Gasteiger partial charge on any atom is -0.436 e. The number of carbonyl (C=O) groups is 1. The molecule has 4 nitrogen and oxygen atoms in total. The second-order valence-corrected chi connectivity index (χ2v) is 8.43. The van der Waals surface area contributed by atoms with Crippen molar-refractivity contribution in [2.45, 2.75) is 13.3 Å². The molecule has 0 bridgehead atoms. The lowest BCUT2D eigenvalue weighted by atomic mass is 10.1. The third-order valence-electron chi connectivity index (χ3n) is 4.43. The van der Waals surface area contributed by atoms with Gasteiger partial charge in [0.2, 0.25) is 5.89 Å². The van der Waals surface area contributed by atoms with Crippen molar-refractivity contribution in [1.82, 2.24) is 4.98 Å². The fourth-order valence-electron chi connectivity index (χ4n) is 2.88. The number of benzene rings is 3. The maximum atomic E-state index is 12.5. The maximum Gasteiger partial charge on any atom is 0.255 e. The van der Waals surface area contributed by atoms with Gasteiger partial charge in [0.25, 0.3) is 5.91 Å². The van der Waals surface area contributed by atoms with Crippen LogP contribution in [0.1, 0.15) is 22.8 Å². The van der Waals surface area contributed by atoms with E-state index in [1.54, 1.807) is 0 Å². The predicted molar refractivity (Wildman–Crippen MR) is 124 cm³/mol. The van der Waals surface area contributed by atoms with Crippen LogP contribution in [-0.4, -0.2) is 10.9 Å². The van der Waals surface area contributed by atoms with Crippen LogP contribution in [-0.2, 0) is 6.42 Å². The van der Waals surface area contributed by atoms with Crippen molar-refractivity contribution in [3.63, 3.8) is 0 Å². The van der Waals surface area contributed by atoms with E-state index in [1.807, 2.05) is 60.7 Å². The van der Waals surface area contributed by atoms with Crippen LogP contribution in [0.4, 0.5) is 5.69 Å². The highest BCUT2D eigenvalue weighted by Crippen LogP contribution is 2.32. The molecule has 0 fully saturated rings. The molecule has 0 unspecified atom stereocenters. The molecule has 0 aliphatic rings. The zero-order valence-electron chi connectivity index (χ0n) is 15.0. The molecule has 1 N–H and O–H groups in total. The van der Waals surface area contributed by atoms with Gasteiger partial charge in [0.05, 0.1) is 5.56 Å². The Kier molecular flexibility index (Phi) is 5.50. The molecule has 1 amide bonds. The third kappa shape index (κ3) is 3.98. The zero-order valence-corrected chi connectivity index (χ0v) is 18.7. The molecule has 28 heavy (non-hydrogen) atoms. The van der Waals surface area contributed by atoms with Crippen LogP contribution in [0.25, 0.3) is 22.6 Å². The minimum atomic E-state index is -0.147. The summed E-state index contributed by atoms with van der Waals surface area (Å²) in [5.74, 6) is 0.394. The molecule has 1 heterocycles. The number of amides is 1. The fourth-order valence-corrected chi connectivity index (χ4v) is 3.78. The summed E-state index contributed by atoms with van der Waals surface area (Å²) in [5.41, 5.74) is 4.77. The van der Waals surface area contributed by atoms with Gasteiger partial charge in [-0.25, -0.2) is 4.98 Å². The number of carbonyl (C=O) groups excluding carboxylic acids is 1. The molecule has 0 aliphatic carbocycles. The lowest BCUT2D eigenvalue weighted by molar-refractivity contribution is 0.102. The molecule has 140 valence electrons. The Bertz CT molecular complexity index is 1170. The van der Waals surface area contributed by atoms with E-state index in [2.05, 4.69) is 55.7 Å². The second kappa shape index (κ2) is 8.05. The van der Waals surface area contributed by atoms with Crippen LogP contribution in [0, 0.1) is 3.57 Å². The lowest BCUT2D eigenvalue weighted by Crippen LogP contribution is -2.11. The van der Waals surface area contributed by atoms with Crippen molar-refractivity contribution >= 4 is 61.2 Å². The van der Waals surface area contributed by atoms with Gasteiger partial charge in [0.15, 0.2) is 5.58 Å². The molecule has 4 rings (SSSR count). The number of hydrogen-bond acceptors (Lipinski definition) is 3. The normalized spacial score (nSPS) is 11.0. The first-order chi connectivity index (χ1) is 13.5. The Balaban J connectivity index is 1.61. The van der Waals surface area contributed by atoms with Crippen molar-refractivity contribution < 1.29 is 9.21 Å². The monoisotopic (exact) mass is 546 g/mol. The van der Waals surface area contributed by atoms with Gasteiger partial charge < -0.3 is 9.73 Å². The Hall–Kier alpha value is -2.19. The molecule has 0 aliphatic heterocycles. The molecular weight excluding hydrogens is 531 g/mol. The maximum absolute atomic E-state index is 12.5. The van der Waals surface area contributed by atoms with E-state index >= 15 is 0 Å². The highest BCUT2D eigenvalue weighted by molar-refractivity contribution is 14.1. The lowest BCUT2D eigenvalue weighted by Gasteiger charge is -2.05. The SMILES string of the molecule is CCc1ccc(C(=O)Nc2ccc3oc(-c4cc(I)ccc4Br)nc3c2)cc1. The first-order valence-electron chi connectivity index (χ1n) is 8.80. The summed E-state index contributed by atoms with van der Waals surface area (Å²) in [4.78, 5) is 17.1. The largest absolute Gasteiger partial charge is 0.436 e. The molecule has 4 aromatic rings. The number of oxazole rings is 1. The smallest absolute Gasteiger partial charge is 0.255 e. The summed E-state index contributed by atoms with van der Waals surface area (Å²) in [6, 6.07) is 19.1. The quantitative estimate of drug-likeness (QED) is 0.291. The number of aromatic nitrogens is 1. The van der Waals surface area contributed by atoms with Gasteiger partial charge in [-0.2, -0.15) is 0 Å². The van der Waals surface area contributed by atoms with Crippen molar-refractivity contribution in [2.24, 2.45) is 0 Å². The summed E-state index contributed by atoms with van der Waals surface area (Å²) in [7, 11) is 0. The highest BCUT2D eigenvalue weighted by atomic mass is 127. The summed E-state index contributed by atoms with van der Waals surface area (Å²) < 4.78 is 7.92. The van der Waals surface area contributed by atoms with E-state index < -0.39 is 0 Å². The van der Waals surface area contributed by atoms with E-state index in [9.17, 15) is 4.79 Å². The van der Waals surface area contributed by atoms with Gasteiger partial charge in [-0.05, 0) is 99.0 Å². The number of aryl methyl sites for hydroxylation is 1. The molecule has 0 saturated heterocycles. The Labute approximate surface area is 184 Å². The van der Waals surface area contributed by atoms with Crippen LogP contribution in [0.3, 0.4) is 0 Å². The van der Waals surface area contributed by atoms with E-state index in [1.165, 1.54) is 5.56 Å². The van der Waals surface area contributed by atoms with Gasteiger partial charge in [0.1, 0.15) is 5.52 Å². The molecule has 0 spiro atoms. The zero-order chi connectivity index (χ0) is 19.7. The molecule has 0 saturated carbocycles. The van der Waals surface area contributed by atoms with E-state index in [0.717, 1.165) is 20.0 Å². The predicted octanol–water partition coefficient (Wildman–Crippen LogP) is 6.68. The topological polar surface area (TPSA) is 55.1 Å². The third-order valence-corrected chi connectivity index (χ3v) is 5.79. The summed E-state index contributed by atoms with van der Waals surface area (Å²) in [6.45, 7) is 2.09. The number of anilines is 1. The Morgan fingerprint density at radius 1 is 1.11 bits per heavy atom. The molecule has 1 aromatic heterocycles. The summed E-state index contributed by atoms with van der Waals surface area (Å²) in [6.07, 6.45) is 0.948. The van der Waals surface area contributed by atoms with Crippen LogP contribution in [0.2, 0.25) is 0 Å². The van der Waals surface area contributed by atoms with Gasteiger partial charge in [-0.15, -0.1) is 0 Å². The van der Waals surface area contributed by atoms with Crippen LogP contribution in [0.5, 0.6) is 0 Å². The van der Waals surface area contributed by atoms with Crippen LogP contribution >= 0.6 is 38.5 Å². The van der Waals surface area contributed by atoms with Gasteiger partial charge >= 0.3 is 0 Å². The summed E-state index contributed by atoms with van der Waals surface area (Å²) >= 11 is 5.81. The van der Waals surface area contributed by atoms with Gasteiger partial charge in [-0.1, -0.05) is 19.1 Å². The van der Waals surface area contributed by atoms with E-state index in [0.29, 0.717) is 28.2 Å². The molecule has 0 atom stereocenters. The number of rotatable bonds is 4. The first kappa shape index (κ1) is 19.1.